The van der Waals surface area contributed by atoms with Crippen LogP contribution >= 0.6 is 0 Å². The number of ether oxygens (including phenoxy) is 1. The fourth-order valence-electron chi connectivity index (χ4n) is 1.74. The summed E-state index contributed by atoms with van der Waals surface area (Å²) in [7, 11) is 1.32. The van der Waals surface area contributed by atoms with Gasteiger partial charge in [0, 0.05) is 18.9 Å². The van der Waals surface area contributed by atoms with E-state index >= 15 is 0 Å². The lowest BCUT2D eigenvalue weighted by Crippen LogP contribution is -2.09. The van der Waals surface area contributed by atoms with Crippen LogP contribution < -0.4 is 11.1 Å². The molecule has 0 saturated heterocycles. The first kappa shape index (κ1) is 13.8. The molecule has 6 nitrogen and oxygen atoms in total. The minimum Gasteiger partial charge on any atom is -0.465 e. The minimum atomic E-state index is -0.479. The van der Waals surface area contributed by atoms with E-state index in [9.17, 15) is 4.79 Å². The van der Waals surface area contributed by atoms with E-state index in [0.29, 0.717) is 23.6 Å². The molecule has 20 heavy (non-hydrogen) atoms. The third-order valence-electron chi connectivity index (χ3n) is 2.94. The van der Waals surface area contributed by atoms with Crippen molar-refractivity contribution in [2.75, 3.05) is 18.2 Å². The maximum atomic E-state index is 11.5. The molecule has 0 spiro atoms. The van der Waals surface area contributed by atoms with Crippen molar-refractivity contribution in [2.45, 2.75) is 13.5 Å². The van der Waals surface area contributed by atoms with Gasteiger partial charge in [-0.1, -0.05) is 0 Å². The lowest BCUT2D eigenvalue weighted by Gasteiger charge is -2.10. The molecule has 0 aliphatic carbocycles. The number of nitrogens with one attached hydrogen (secondary N) is 1. The Morgan fingerprint density at radius 3 is 2.95 bits per heavy atom. The molecule has 0 saturated carbocycles. The highest BCUT2D eigenvalue weighted by molar-refractivity contribution is 5.95. The number of aromatic nitrogens is 2. The van der Waals surface area contributed by atoms with Gasteiger partial charge in [-0.15, -0.1) is 0 Å². The SMILES string of the molecule is COC(=O)c1cc(NCc2ccncc2C)ncc1N. The van der Waals surface area contributed by atoms with Crippen molar-refractivity contribution in [3.63, 3.8) is 0 Å². The molecule has 0 radical (unpaired) electrons. The summed E-state index contributed by atoms with van der Waals surface area (Å²) in [6, 6.07) is 3.51. The Morgan fingerprint density at radius 1 is 1.45 bits per heavy atom. The van der Waals surface area contributed by atoms with Crippen molar-refractivity contribution in [1.29, 1.82) is 0 Å². The number of nitrogens with two attached hydrogens (primary N) is 1. The third kappa shape index (κ3) is 3.03. The second kappa shape index (κ2) is 6.01. The van der Waals surface area contributed by atoms with Gasteiger partial charge in [-0.2, -0.15) is 0 Å². The number of carbonyl (C=O) groups excluding carboxylic acids is 1. The summed E-state index contributed by atoms with van der Waals surface area (Å²) in [5.41, 5.74) is 8.49. The molecule has 2 heterocycles. The van der Waals surface area contributed by atoms with Gasteiger partial charge >= 0.3 is 5.97 Å². The molecule has 2 rings (SSSR count). The molecule has 0 aliphatic rings. The van der Waals surface area contributed by atoms with Gasteiger partial charge in [0.1, 0.15) is 5.82 Å². The zero-order chi connectivity index (χ0) is 14.5. The predicted octanol–water partition coefficient (Wildman–Crippen LogP) is 1.77. The Labute approximate surface area is 117 Å². The van der Waals surface area contributed by atoms with Crippen molar-refractivity contribution in [3.8, 4) is 0 Å². The highest BCUT2D eigenvalue weighted by Crippen LogP contribution is 2.17. The van der Waals surface area contributed by atoms with Crippen LogP contribution in [0.1, 0.15) is 21.5 Å². The monoisotopic (exact) mass is 272 g/mol. The number of pyridine rings is 2. The van der Waals surface area contributed by atoms with Gasteiger partial charge in [0.05, 0.1) is 24.6 Å². The Bertz CT molecular complexity index is 628. The quantitative estimate of drug-likeness (QED) is 0.824. The first-order chi connectivity index (χ1) is 9.61. The maximum absolute atomic E-state index is 11.5. The van der Waals surface area contributed by atoms with Crippen LogP contribution in [0.3, 0.4) is 0 Å². The summed E-state index contributed by atoms with van der Waals surface area (Å²) < 4.78 is 4.67. The van der Waals surface area contributed by atoms with Gasteiger partial charge in [0.25, 0.3) is 0 Å². The molecular weight excluding hydrogens is 256 g/mol. The van der Waals surface area contributed by atoms with Gasteiger partial charge in [-0.25, -0.2) is 9.78 Å². The normalized spacial score (nSPS) is 10.1. The lowest BCUT2D eigenvalue weighted by molar-refractivity contribution is 0.0602. The van der Waals surface area contributed by atoms with Crippen LogP contribution in [-0.2, 0) is 11.3 Å². The molecular formula is C14H16N4O2. The molecule has 0 aliphatic heterocycles. The van der Waals surface area contributed by atoms with E-state index in [1.165, 1.54) is 13.3 Å². The van der Waals surface area contributed by atoms with Crippen LogP contribution in [-0.4, -0.2) is 23.0 Å². The smallest absolute Gasteiger partial charge is 0.340 e. The van der Waals surface area contributed by atoms with Crippen LogP contribution in [0.25, 0.3) is 0 Å². The van der Waals surface area contributed by atoms with Crippen LogP contribution in [0.15, 0.2) is 30.7 Å². The van der Waals surface area contributed by atoms with E-state index < -0.39 is 5.97 Å². The number of anilines is 2. The van der Waals surface area contributed by atoms with Gasteiger partial charge in [0.15, 0.2) is 0 Å². The van der Waals surface area contributed by atoms with E-state index in [0.717, 1.165) is 11.1 Å². The number of methoxy groups -OCH3 is 1. The molecule has 3 N–H and O–H groups in total. The van der Waals surface area contributed by atoms with Crippen molar-refractivity contribution < 1.29 is 9.53 Å². The number of carbonyl (C=O) groups is 1. The number of nitrogens with zero attached hydrogens (tertiary/aromatic N) is 2. The zero-order valence-corrected chi connectivity index (χ0v) is 11.4. The molecule has 0 atom stereocenters. The van der Waals surface area contributed by atoms with Gasteiger partial charge in [0.2, 0.25) is 0 Å². The number of hydrogen-bond donors (Lipinski definition) is 2. The van der Waals surface area contributed by atoms with E-state index in [1.807, 2.05) is 13.0 Å². The second-order valence-electron chi connectivity index (χ2n) is 4.30. The van der Waals surface area contributed by atoms with Gasteiger partial charge in [-0.3, -0.25) is 4.98 Å². The fraction of sp³-hybridized carbons (Fsp3) is 0.214. The van der Waals surface area contributed by atoms with Crippen LogP contribution in [0, 0.1) is 6.92 Å². The van der Waals surface area contributed by atoms with E-state index in [1.54, 1.807) is 18.5 Å². The zero-order valence-electron chi connectivity index (χ0n) is 11.4. The summed E-state index contributed by atoms with van der Waals surface area (Å²) in [5.74, 6) is 0.0869. The summed E-state index contributed by atoms with van der Waals surface area (Å²) >= 11 is 0. The number of aryl methyl sites for hydroxylation is 1. The van der Waals surface area contributed by atoms with Crippen LogP contribution in [0.2, 0.25) is 0 Å². The summed E-state index contributed by atoms with van der Waals surface area (Å²) in [5, 5.41) is 3.15. The number of rotatable bonds is 4. The molecule has 104 valence electrons. The number of nitrogen functional groups attached to an aromatic ring is 1. The molecule has 0 bridgehead atoms. The van der Waals surface area contributed by atoms with Crippen molar-refractivity contribution in [2.24, 2.45) is 0 Å². The molecule has 2 aromatic heterocycles. The standard InChI is InChI=1S/C14H16N4O2/c1-9-6-16-4-3-10(9)7-17-13-5-11(14(19)20-2)12(15)8-18-13/h3-6,8H,7,15H2,1-2H3,(H,17,18). The first-order valence-electron chi connectivity index (χ1n) is 6.09. The van der Waals surface area contributed by atoms with Crippen LogP contribution in [0.4, 0.5) is 11.5 Å². The molecule has 0 unspecified atom stereocenters. The minimum absolute atomic E-state index is 0.294. The van der Waals surface area contributed by atoms with Gasteiger partial charge in [-0.05, 0) is 30.2 Å². The molecule has 0 fully saturated rings. The highest BCUT2D eigenvalue weighted by atomic mass is 16.5. The summed E-state index contributed by atoms with van der Waals surface area (Å²) in [6.45, 7) is 2.58. The second-order valence-corrected chi connectivity index (χ2v) is 4.30. The van der Waals surface area contributed by atoms with E-state index in [2.05, 4.69) is 20.0 Å². The van der Waals surface area contributed by atoms with E-state index in [4.69, 9.17) is 5.73 Å². The summed E-state index contributed by atoms with van der Waals surface area (Å²) in [6.07, 6.45) is 4.97. The topological polar surface area (TPSA) is 90.1 Å². The van der Waals surface area contributed by atoms with E-state index in [-0.39, 0.29) is 0 Å². The Kier molecular flexibility index (Phi) is 4.14. The molecule has 0 amide bonds. The number of hydrogen-bond acceptors (Lipinski definition) is 6. The molecule has 2 aromatic rings. The lowest BCUT2D eigenvalue weighted by atomic mass is 10.1. The van der Waals surface area contributed by atoms with Crippen molar-refractivity contribution in [3.05, 3.63) is 47.4 Å². The average Bonchev–Trinajstić information content (AvgIpc) is 2.47. The summed E-state index contributed by atoms with van der Waals surface area (Å²) in [4.78, 5) is 19.7. The number of esters is 1. The van der Waals surface area contributed by atoms with Gasteiger partial charge < -0.3 is 15.8 Å². The maximum Gasteiger partial charge on any atom is 0.340 e. The fourth-order valence-corrected chi connectivity index (χ4v) is 1.74. The third-order valence-corrected chi connectivity index (χ3v) is 2.94. The Hall–Kier alpha value is -2.63. The Balaban J connectivity index is 2.14. The highest BCUT2D eigenvalue weighted by Gasteiger charge is 2.11. The van der Waals surface area contributed by atoms with Crippen molar-refractivity contribution in [1.82, 2.24) is 9.97 Å². The average molecular weight is 272 g/mol. The molecule has 6 heteroatoms. The Morgan fingerprint density at radius 2 is 2.25 bits per heavy atom. The predicted molar refractivity (Wildman–Crippen MR) is 76.3 cm³/mol. The van der Waals surface area contributed by atoms with Crippen LogP contribution in [0.5, 0.6) is 0 Å². The largest absolute Gasteiger partial charge is 0.465 e. The van der Waals surface area contributed by atoms with Crippen molar-refractivity contribution >= 4 is 17.5 Å². The first-order valence-corrected chi connectivity index (χ1v) is 6.09. The molecule has 0 aromatic carbocycles.